The van der Waals surface area contributed by atoms with E-state index >= 15 is 0 Å². The van der Waals surface area contributed by atoms with Crippen LogP contribution in [0.1, 0.15) is 18.4 Å². The monoisotopic (exact) mass is 351 g/mol. The van der Waals surface area contributed by atoms with Crippen LogP contribution in [0.5, 0.6) is 0 Å². The van der Waals surface area contributed by atoms with Gasteiger partial charge in [-0.15, -0.1) is 0 Å². The highest BCUT2D eigenvalue weighted by molar-refractivity contribution is 9.10. The standard InChI is InChI=1S/C12H9BrF3NO3/c13-7-3-6(12(14,15)16)4-8(5-7)17-9(18)11(1-2-11)10(19)20/h3-5H,1-2H2,(H,17,18)(H,19,20). The molecule has 4 nitrogen and oxygen atoms in total. The second-order valence-corrected chi connectivity index (χ2v) is 5.48. The summed E-state index contributed by atoms with van der Waals surface area (Å²) in [7, 11) is 0. The summed E-state index contributed by atoms with van der Waals surface area (Å²) in [6.45, 7) is 0. The molecule has 1 amide bonds. The zero-order valence-corrected chi connectivity index (χ0v) is 11.5. The van der Waals surface area contributed by atoms with Crippen LogP contribution in [-0.2, 0) is 15.8 Å². The van der Waals surface area contributed by atoms with Crippen LogP contribution in [0.3, 0.4) is 0 Å². The van der Waals surface area contributed by atoms with Crippen LogP contribution in [0.4, 0.5) is 18.9 Å². The van der Waals surface area contributed by atoms with Crippen molar-refractivity contribution in [3.8, 4) is 0 Å². The minimum Gasteiger partial charge on any atom is -0.480 e. The van der Waals surface area contributed by atoms with Crippen molar-refractivity contribution in [1.82, 2.24) is 0 Å². The highest BCUT2D eigenvalue weighted by Gasteiger charge is 2.57. The summed E-state index contributed by atoms with van der Waals surface area (Å²) in [4.78, 5) is 22.8. The van der Waals surface area contributed by atoms with Crippen LogP contribution < -0.4 is 5.32 Å². The predicted octanol–water partition coefficient (Wildman–Crippen LogP) is 3.27. The van der Waals surface area contributed by atoms with Crippen LogP contribution in [0.25, 0.3) is 0 Å². The Hall–Kier alpha value is -1.57. The minimum absolute atomic E-state index is 0.0933. The molecule has 0 atom stereocenters. The van der Waals surface area contributed by atoms with E-state index in [0.717, 1.165) is 12.1 Å². The van der Waals surface area contributed by atoms with Gasteiger partial charge in [0.15, 0.2) is 0 Å². The molecule has 0 radical (unpaired) electrons. The fraction of sp³-hybridized carbons (Fsp3) is 0.333. The lowest BCUT2D eigenvalue weighted by atomic mass is 10.1. The minimum atomic E-state index is -4.55. The average molecular weight is 352 g/mol. The molecule has 1 aliphatic rings. The lowest BCUT2D eigenvalue weighted by Gasteiger charge is -2.13. The van der Waals surface area contributed by atoms with Crippen molar-refractivity contribution >= 4 is 33.5 Å². The number of amides is 1. The second kappa shape index (κ2) is 4.76. The summed E-state index contributed by atoms with van der Waals surface area (Å²) in [5, 5.41) is 11.2. The van der Waals surface area contributed by atoms with E-state index in [1.54, 1.807) is 0 Å². The first kappa shape index (κ1) is 14.8. The van der Waals surface area contributed by atoms with Crippen molar-refractivity contribution in [3.63, 3.8) is 0 Å². The van der Waals surface area contributed by atoms with Gasteiger partial charge in [-0.2, -0.15) is 13.2 Å². The maximum Gasteiger partial charge on any atom is 0.416 e. The van der Waals surface area contributed by atoms with Gasteiger partial charge < -0.3 is 10.4 Å². The molecule has 0 aliphatic heterocycles. The first-order valence-corrected chi connectivity index (χ1v) is 6.37. The lowest BCUT2D eigenvalue weighted by Crippen LogP contribution is -2.31. The molecule has 1 aromatic rings. The zero-order chi connectivity index (χ0) is 15.1. The molecule has 2 N–H and O–H groups in total. The van der Waals surface area contributed by atoms with Crippen molar-refractivity contribution in [3.05, 3.63) is 28.2 Å². The van der Waals surface area contributed by atoms with E-state index < -0.39 is 29.0 Å². The Bertz CT molecular complexity index is 582. The molecule has 0 unspecified atom stereocenters. The van der Waals surface area contributed by atoms with Crippen molar-refractivity contribution in [2.24, 2.45) is 5.41 Å². The number of nitrogens with one attached hydrogen (secondary N) is 1. The molecular formula is C12H9BrF3NO3. The van der Waals surface area contributed by atoms with E-state index in [0.29, 0.717) is 0 Å². The van der Waals surface area contributed by atoms with Gasteiger partial charge in [0.25, 0.3) is 0 Å². The number of rotatable bonds is 3. The van der Waals surface area contributed by atoms with Crippen LogP contribution in [-0.4, -0.2) is 17.0 Å². The number of aliphatic carboxylic acids is 1. The maximum absolute atomic E-state index is 12.6. The molecule has 0 bridgehead atoms. The number of benzene rings is 1. The zero-order valence-electron chi connectivity index (χ0n) is 9.92. The number of carbonyl (C=O) groups is 2. The number of anilines is 1. The highest BCUT2D eigenvalue weighted by Crippen LogP contribution is 2.47. The van der Waals surface area contributed by atoms with Gasteiger partial charge in [-0.1, -0.05) is 15.9 Å². The van der Waals surface area contributed by atoms with Gasteiger partial charge >= 0.3 is 12.1 Å². The summed E-state index contributed by atoms with van der Waals surface area (Å²) in [5.41, 5.74) is -2.52. The molecule has 2 rings (SSSR count). The summed E-state index contributed by atoms with van der Waals surface area (Å²) >= 11 is 2.92. The number of halogens is 4. The second-order valence-electron chi connectivity index (χ2n) is 4.57. The largest absolute Gasteiger partial charge is 0.480 e. The summed E-state index contributed by atoms with van der Waals surface area (Å²) < 4.78 is 38.0. The third-order valence-electron chi connectivity index (χ3n) is 3.08. The number of hydrogen-bond donors (Lipinski definition) is 2. The van der Waals surface area contributed by atoms with Crippen LogP contribution in [0.15, 0.2) is 22.7 Å². The summed E-state index contributed by atoms with van der Waals surface area (Å²) in [5.74, 6) is -2.06. The molecule has 1 fully saturated rings. The van der Waals surface area contributed by atoms with Gasteiger partial charge in [0.2, 0.25) is 5.91 Å². The molecule has 20 heavy (non-hydrogen) atoms. The number of carbonyl (C=O) groups excluding carboxylic acids is 1. The maximum atomic E-state index is 12.6. The van der Waals surface area contributed by atoms with E-state index in [-0.39, 0.29) is 23.0 Å². The molecule has 1 saturated carbocycles. The van der Waals surface area contributed by atoms with Gasteiger partial charge in [0.05, 0.1) is 5.56 Å². The number of carboxylic acid groups (broad SMARTS) is 1. The number of hydrogen-bond acceptors (Lipinski definition) is 2. The van der Waals surface area contributed by atoms with E-state index in [1.165, 1.54) is 6.07 Å². The molecule has 1 aliphatic carbocycles. The van der Waals surface area contributed by atoms with E-state index in [4.69, 9.17) is 5.11 Å². The van der Waals surface area contributed by atoms with Crippen LogP contribution in [0.2, 0.25) is 0 Å². The highest BCUT2D eigenvalue weighted by atomic mass is 79.9. The molecule has 0 heterocycles. The molecule has 8 heteroatoms. The topological polar surface area (TPSA) is 66.4 Å². The molecular weight excluding hydrogens is 343 g/mol. The normalized spacial score (nSPS) is 16.6. The molecule has 1 aromatic carbocycles. The van der Waals surface area contributed by atoms with Crippen LogP contribution in [0, 0.1) is 5.41 Å². The predicted molar refractivity (Wildman–Crippen MR) is 67.1 cm³/mol. The molecule has 108 valence electrons. The van der Waals surface area contributed by atoms with E-state index in [1.807, 2.05) is 0 Å². The average Bonchev–Trinajstić information content (AvgIpc) is 3.07. The third-order valence-corrected chi connectivity index (χ3v) is 3.53. The fourth-order valence-corrected chi connectivity index (χ4v) is 2.23. The first-order valence-electron chi connectivity index (χ1n) is 5.58. The van der Waals surface area contributed by atoms with Crippen molar-refractivity contribution in [2.45, 2.75) is 19.0 Å². The Balaban J connectivity index is 2.24. The SMILES string of the molecule is O=C(O)C1(C(=O)Nc2cc(Br)cc(C(F)(F)F)c2)CC1. The fourth-order valence-electron chi connectivity index (χ4n) is 1.74. The Morgan fingerprint density at radius 3 is 2.30 bits per heavy atom. The van der Waals surface area contributed by atoms with Gasteiger partial charge in [-0.25, -0.2) is 0 Å². The Labute approximate surface area is 120 Å². The van der Waals surface area contributed by atoms with Gasteiger partial charge in [-0.05, 0) is 31.0 Å². The number of carboxylic acids is 1. The Kier molecular flexibility index (Phi) is 3.53. The summed E-state index contributed by atoms with van der Waals surface area (Å²) in [6.07, 6.45) is -4.17. The van der Waals surface area contributed by atoms with Gasteiger partial charge in [0, 0.05) is 10.2 Å². The lowest BCUT2D eigenvalue weighted by molar-refractivity contribution is -0.147. The quantitative estimate of drug-likeness (QED) is 0.821. The Morgan fingerprint density at radius 1 is 1.25 bits per heavy atom. The van der Waals surface area contributed by atoms with Gasteiger partial charge in [-0.3, -0.25) is 9.59 Å². The van der Waals surface area contributed by atoms with Crippen molar-refractivity contribution in [2.75, 3.05) is 5.32 Å². The van der Waals surface area contributed by atoms with Crippen molar-refractivity contribution in [1.29, 1.82) is 0 Å². The third kappa shape index (κ3) is 2.79. The van der Waals surface area contributed by atoms with Crippen molar-refractivity contribution < 1.29 is 27.9 Å². The van der Waals surface area contributed by atoms with Crippen LogP contribution >= 0.6 is 15.9 Å². The molecule has 0 spiro atoms. The molecule has 0 aromatic heterocycles. The number of alkyl halides is 3. The molecule has 0 saturated heterocycles. The Morgan fingerprint density at radius 2 is 1.85 bits per heavy atom. The van der Waals surface area contributed by atoms with E-state index in [2.05, 4.69) is 21.2 Å². The van der Waals surface area contributed by atoms with Gasteiger partial charge in [0.1, 0.15) is 5.41 Å². The first-order chi connectivity index (χ1) is 9.15. The smallest absolute Gasteiger partial charge is 0.416 e. The van der Waals surface area contributed by atoms with E-state index in [9.17, 15) is 22.8 Å². The summed E-state index contributed by atoms with van der Waals surface area (Å²) in [6, 6.07) is 2.92.